The molecule has 6 heteroatoms. The predicted octanol–water partition coefficient (Wildman–Crippen LogP) is 4.41. The van der Waals surface area contributed by atoms with E-state index in [1.165, 1.54) is 36.7 Å². The second kappa shape index (κ2) is 7.98. The lowest BCUT2D eigenvalue weighted by Crippen LogP contribution is -2.34. The van der Waals surface area contributed by atoms with Crippen molar-refractivity contribution < 1.29 is 12.8 Å². The fraction of sp³-hybridized carbons (Fsp3) is 0.429. The molecular weight excluding hydrogens is 363 g/mol. The highest BCUT2D eigenvalue weighted by atomic mass is 32.2. The lowest BCUT2D eigenvalue weighted by atomic mass is 9.99. The van der Waals surface area contributed by atoms with Crippen LogP contribution in [0.3, 0.4) is 0 Å². The molecule has 0 aliphatic carbocycles. The van der Waals surface area contributed by atoms with Crippen molar-refractivity contribution in [3.63, 3.8) is 0 Å². The van der Waals surface area contributed by atoms with Crippen LogP contribution in [0.5, 0.6) is 0 Å². The summed E-state index contributed by atoms with van der Waals surface area (Å²) in [6.07, 6.45) is 2.48. The molecule has 27 heavy (non-hydrogen) atoms. The van der Waals surface area contributed by atoms with Gasteiger partial charge in [0, 0.05) is 24.8 Å². The van der Waals surface area contributed by atoms with Gasteiger partial charge in [-0.2, -0.15) is 0 Å². The van der Waals surface area contributed by atoms with Gasteiger partial charge < -0.3 is 4.90 Å². The first kappa shape index (κ1) is 19.8. The number of nitrogens with zero attached hydrogens (tertiary/aromatic N) is 1. The molecule has 1 fully saturated rings. The van der Waals surface area contributed by atoms with Crippen molar-refractivity contribution in [2.75, 3.05) is 18.0 Å². The van der Waals surface area contributed by atoms with Gasteiger partial charge in [0.25, 0.3) is 0 Å². The van der Waals surface area contributed by atoms with Crippen LogP contribution in [0, 0.1) is 18.7 Å². The molecule has 0 saturated carbocycles. The van der Waals surface area contributed by atoms with Crippen molar-refractivity contribution >= 4 is 15.7 Å². The first-order valence-electron chi connectivity index (χ1n) is 9.39. The molecule has 1 aliphatic heterocycles. The van der Waals surface area contributed by atoms with E-state index in [-0.39, 0.29) is 10.9 Å². The molecule has 4 nitrogen and oxygen atoms in total. The monoisotopic (exact) mass is 390 g/mol. The van der Waals surface area contributed by atoms with Gasteiger partial charge in [-0.05, 0) is 74.1 Å². The standard InChI is InChI=1S/C21H27FN2O2S/c1-15-5-4-12-24(14-15)20-9-6-18(7-10-20)17(3)23-27(25,26)21-11-8-19(22)13-16(21)2/h6-11,13,15,17,23H,4-5,12,14H2,1-3H3. The van der Waals surface area contributed by atoms with Gasteiger partial charge in [0.2, 0.25) is 10.0 Å². The van der Waals surface area contributed by atoms with E-state index in [1.807, 2.05) is 19.1 Å². The minimum absolute atomic E-state index is 0.106. The molecule has 0 amide bonds. The lowest BCUT2D eigenvalue weighted by molar-refractivity contribution is 0.447. The Hall–Kier alpha value is -1.92. The van der Waals surface area contributed by atoms with E-state index in [0.717, 1.165) is 18.7 Å². The third-order valence-electron chi connectivity index (χ3n) is 5.17. The Morgan fingerprint density at radius 3 is 2.52 bits per heavy atom. The van der Waals surface area contributed by atoms with Crippen LogP contribution < -0.4 is 9.62 Å². The molecule has 2 aromatic rings. The fourth-order valence-corrected chi connectivity index (χ4v) is 5.13. The molecule has 0 aromatic heterocycles. The maximum atomic E-state index is 13.3. The van der Waals surface area contributed by atoms with Crippen LogP contribution >= 0.6 is 0 Å². The maximum Gasteiger partial charge on any atom is 0.241 e. The van der Waals surface area contributed by atoms with Crippen LogP contribution in [0.4, 0.5) is 10.1 Å². The van der Waals surface area contributed by atoms with Crippen molar-refractivity contribution in [2.24, 2.45) is 5.92 Å². The minimum atomic E-state index is -3.72. The summed E-state index contributed by atoms with van der Waals surface area (Å²) in [5, 5.41) is 0. The molecule has 3 rings (SSSR count). The molecule has 1 saturated heterocycles. The Balaban J connectivity index is 1.73. The van der Waals surface area contributed by atoms with Gasteiger partial charge in [-0.25, -0.2) is 17.5 Å². The zero-order valence-electron chi connectivity index (χ0n) is 16.1. The third-order valence-corrected chi connectivity index (χ3v) is 6.87. The van der Waals surface area contributed by atoms with Crippen LogP contribution in [0.25, 0.3) is 0 Å². The first-order valence-corrected chi connectivity index (χ1v) is 10.9. The quantitative estimate of drug-likeness (QED) is 0.823. The van der Waals surface area contributed by atoms with Crippen molar-refractivity contribution in [1.82, 2.24) is 4.72 Å². The zero-order valence-corrected chi connectivity index (χ0v) is 16.9. The summed E-state index contributed by atoms with van der Waals surface area (Å²) >= 11 is 0. The molecule has 0 bridgehead atoms. The number of aryl methyl sites for hydroxylation is 1. The summed E-state index contributed by atoms with van der Waals surface area (Å²) in [4.78, 5) is 2.49. The fourth-order valence-electron chi connectivity index (χ4n) is 3.68. The van der Waals surface area contributed by atoms with Gasteiger partial charge in [-0.3, -0.25) is 0 Å². The number of halogens is 1. The van der Waals surface area contributed by atoms with Crippen molar-refractivity contribution in [1.29, 1.82) is 0 Å². The Labute approximate surface area is 161 Å². The number of sulfonamides is 1. The average molecular weight is 391 g/mol. The van der Waals surface area contributed by atoms with E-state index in [9.17, 15) is 12.8 Å². The normalized spacial score (nSPS) is 19.1. The largest absolute Gasteiger partial charge is 0.371 e. The number of hydrogen-bond acceptors (Lipinski definition) is 3. The van der Waals surface area contributed by atoms with Gasteiger partial charge in [-0.15, -0.1) is 0 Å². The summed E-state index contributed by atoms with van der Waals surface area (Å²) in [5.41, 5.74) is 2.46. The van der Waals surface area contributed by atoms with Crippen LogP contribution in [0.15, 0.2) is 47.4 Å². The molecule has 1 aliphatic rings. The maximum absolute atomic E-state index is 13.3. The van der Waals surface area contributed by atoms with Crippen LogP contribution in [0.2, 0.25) is 0 Å². The molecule has 1 N–H and O–H groups in total. The van der Waals surface area contributed by atoms with Gasteiger partial charge in [-0.1, -0.05) is 19.1 Å². The van der Waals surface area contributed by atoms with E-state index in [0.29, 0.717) is 11.5 Å². The van der Waals surface area contributed by atoms with Gasteiger partial charge >= 0.3 is 0 Å². The van der Waals surface area contributed by atoms with Crippen molar-refractivity contribution in [3.05, 3.63) is 59.4 Å². The smallest absolute Gasteiger partial charge is 0.241 e. The second-order valence-electron chi connectivity index (χ2n) is 7.54. The molecule has 1 heterocycles. The predicted molar refractivity (Wildman–Crippen MR) is 107 cm³/mol. The van der Waals surface area contributed by atoms with Crippen LogP contribution in [-0.2, 0) is 10.0 Å². The van der Waals surface area contributed by atoms with Crippen LogP contribution in [0.1, 0.15) is 43.9 Å². The van der Waals surface area contributed by atoms with Gasteiger partial charge in [0.15, 0.2) is 0 Å². The van der Waals surface area contributed by atoms with Gasteiger partial charge in [0.05, 0.1) is 4.90 Å². The molecule has 2 aromatic carbocycles. The second-order valence-corrected chi connectivity index (χ2v) is 9.22. The molecule has 2 atom stereocenters. The zero-order chi connectivity index (χ0) is 19.6. The summed E-state index contributed by atoms with van der Waals surface area (Å²) in [6.45, 7) is 7.81. The highest BCUT2D eigenvalue weighted by Crippen LogP contribution is 2.25. The molecular formula is C21H27FN2O2S. The van der Waals surface area contributed by atoms with E-state index >= 15 is 0 Å². The van der Waals surface area contributed by atoms with Crippen molar-refractivity contribution in [3.8, 4) is 0 Å². The Bertz CT molecular complexity index is 897. The Morgan fingerprint density at radius 1 is 1.19 bits per heavy atom. The Morgan fingerprint density at radius 2 is 1.89 bits per heavy atom. The highest BCUT2D eigenvalue weighted by Gasteiger charge is 2.21. The molecule has 0 radical (unpaired) electrons. The van der Waals surface area contributed by atoms with Gasteiger partial charge in [0.1, 0.15) is 5.82 Å². The lowest BCUT2D eigenvalue weighted by Gasteiger charge is -2.33. The number of benzene rings is 2. The van der Waals surface area contributed by atoms with E-state index in [1.54, 1.807) is 6.92 Å². The van der Waals surface area contributed by atoms with Crippen LogP contribution in [-0.4, -0.2) is 21.5 Å². The number of hydrogen-bond donors (Lipinski definition) is 1. The average Bonchev–Trinajstić information content (AvgIpc) is 2.61. The molecule has 2 unspecified atom stereocenters. The van der Waals surface area contributed by atoms with Crippen molar-refractivity contribution in [2.45, 2.75) is 44.6 Å². The topological polar surface area (TPSA) is 49.4 Å². The minimum Gasteiger partial charge on any atom is -0.371 e. The highest BCUT2D eigenvalue weighted by molar-refractivity contribution is 7.89. The Kier molecular flexibility index (Phi) is 5.86. The summed E-state index contributed by atoms with van der Waals surface area (Å²) in [6, 6.07) is 11.4. The number of piperidine rings is 1. The number of anilines is 1. The van der Waals surface area contributed by atoms with E-state index < -0.39 is 15.8 Å². The summed E-state index contributed by atoms with van der Waals surface area (Å²) in [7, 11) is -3.72. The third kappa shape index (κ3) is 4.68. The summed E-state index contributed by atoms with van der Waals surface area (Å²) in [5.74, 6) is 0.255. The number of nitrogens with one attached hydrogen (secondary N) is 1. The number of rotatable bonds is 5. The molecule has 146 valence electrons. The van der Waals surface area contributed by atoms with E-state index in [4.69, 9.17) is 0 Å². The summed E-state index contributed by atoms with van der Waals surface area (Å²) < 4.78 is 41.3. The molecule has 0 spiro atoms. The SMILES string of the molecule is Cc1cc(F)ccc1S(=O)(=O)NC(C)c1ccc(N2CCCC(C)C2)cc1. The first-order chi connectivity index (χ1) is 12.8. The van der Waals surface area contributed by atoms with E-state index in [2.05, 4.69) is 28.7 Å².